The molecule has 0 saturated carbocycles. The van der Waals surface area contributed by atoms with E-state index in [0.29, 0.717) is 6.92 Å². The van der Waals surface area contributed by atoms with Crippen molar-refractivity contribution in [2.45, 2.75) is 30.9 Å². The van der Waals surface area contributed by atoms with E-state index >= 15 is 0 Å². The van der Waals surface area contributed by atoms with Gasteiger partial charge in [0.1, 0.15) is 0 Å². The third kappa shape index (κ3) is 2.30. The van der Waals surface area contributed by atoms with E-state index in [-0.39, 0.29) is 5.56 Å². The molecule has 0 amide bonds. The van der Waals surface area contributed by atoms with Crippen LogP contribution in [0.25, 0.3) is 0 Å². The summed E-state index contributed by atoms with van der Waals surface area (Å²) in [4.78, 5) is 0. The Morgan fingerprint density at radius 1 is 0.833 bits per heavy atom. The predicted molar refractivity (Wildman–Crippen MR) is 50.8 cm³/mol. The molecule has 18 heavy (non-hydrogen) atoms. The summed E-state index contributed by atoms with van der Waals surface area (Å²) in [7, 11) is 0. The van der Waals surface area contributed by atoms with E-state index in [0.717, 1.165) is 12.1 Å². The van der Waals surface area contributed by atoms with Crippen LogP contribution < -0.4 is 0 Å². The second-order valence-electron chi connectivity index (χ2n) is 3.83. The largest absolute Gasteiger partial charge is 0.459 e. The SMILES string of the molecule is CC(c1ccccc1)C(F)(F)C(F)(F)C(F)(F)F. The maximum Gasteiger partial charge on any atom is 0.459 e. The van der Waals surface area contributed by atoms with Crippen molar-refractivity contribution < 1.29 is 30.7 Å². The summed E-state index contributed by atoms with van der Waals surface area (Å²) < 4.78 is 88.1. The summed E-state index contributed by atoms with van der Waals surface area (Å²) in [5.74, 6) is -13.5. The molecule has 1 rings (SSSR count). The Morgan fingerprint density at radius 3 is 1.67 bits per heavy atom. The monoisotopic (exact) mass is 274 g/mol. The van der Waals surface area contributed by atoms with Crippen molar-refractivity contribution in [1.82, 2.24) is 0 Å². The predicted octanol–water partition coefficient (Wildman–Crippen LogP) is 4.62. The molecule has 1 aromatic carbocycles. The van der Waals surface area contributed by atoms with Gasteiger partial charge in [-0.1, -0.05) is 37.3 Å². The summed E-state index contributed by atoms with van der Waals surface area (Å²) in [5.41, 5.74) is -0.286. The minimum Gasteiger partial charge on any atom is -0.199 e. The minimum absolute atomic E-state index is 0.286. The number of rotatable bonds is 3. The Kier molecular flexibility index (Phi) is 3.65. The molecule has 0 bridgehead atoms. The molecule has 0 saturated heterocycles. The van der Waals surface area contributed by atoms with Gasteiger partial charge < -0.3 is 0 Å². The summed E-state index contributed by atoms with van der Waals surface area (Å²) in [5, 5.41) is 0. The van der Waals surface area contributed by atoms with Crippen LogP contribution in [-0.4, -0.2) is 18.0 Å². The van der Waals surface area contributed by atoms with Crippen LogP contribution in [0.2, 0.25) is 0 Å². The van der Waals surface area contributed by atoms with Gasteiger partial charge in [0.15, 0.2) is 0 Å². The highest BCUT2D eigenvalue weighted by molar-refractivity contribution is 5.22. The van der Waals surface area contributed by atoms with Gasteiger partial charge in [0.05, 0.1) is 5.92 Å². The number of benzene rings is 1. The maximum atomic E-state index is 13.3. The highest BCUT2D eigenvalue weighted by atomic mass is 19.4. The lowest BCUT2D eigenvalue weighted by atomic mass is 9.90. The van der Waals surface area contributed by atoms with E-state index in [1.807, 2.05) is 0 Å². The van der Waals surface area contributed by atoms with Gasteiger partial charge in [-0.25, -0.2) is 0 Å². The van der Waals surface area contributed by atoms with Crippen LogP contribution in [0.1, 0.15) is 18.4 Å². The molecule has 7 heteroatoms. The van der Waals surface area contributed by atoms with Crippen molar-refractivity contribution in [3.8, 4) is 0 Å². The molecule has 0 N–H and O–H groups in total. The standard InChI is InChI=1S/C11H9F7/c1-7(8-5-3-2-4-6-8)9(12,13)10(14,15)11(16,17)18/h2-7H,1H3. The molecule has 0 fully saturated rings. The van der Waals surface area contributed by atoms with Crippen molar-refractivity contribution in [3.63, 3.8) is 0 Å². The number of halogens is 7. The first-order valence-electron chi connectivity index (χ1n) is 4.89. The van der Waals surface area contributed by atoms with Gasteiger partial charge in [0.2, 0.25) is 0 Å². The summed E-state index contributed by atoms with van der Waals surface area (Å²) in [6.07, 6.45) is -6.29. The van der Waals surface area contributed by atoms with Gasteiger partial charge in [0.25, 0.3) is 0 Å². The normalized spacial score (nSPS) is 15.6. The number of hydrogen-bond acceptors (Lipinski definition) is 0. The molecule has 1 atom stereocenters. The number of hydrogen-bond donors (Lipinski definition) is 0. The third-order valence-corrected chi connectivity index (χ3v) is 2.62. The molecule has 1 aromatic rings. The summed E-state index contributed by atoms with van der Waals surface area (Å²) in [6, 6.07) is 6.16. The second kappa shape index (κ2) is 4.44. The van der Waals surface area contributed by atoms with E-state index < -0.39 is 23.9 Å². The van der Waals surface area contributed by atoms with Gasteiger partial charge in [-0.3, -0.25) is 0 Å². The van der Waals surface area contributed by atoms with Gasteiger partial charge in [0, 0.05) is 0 Å². The Hall–Kier alpha value is -1.27. The molecule has 0 radical (unpaired) electrons. The molecule has 0 aliphatic rings. The zero-order chi connectivity index (χ0) is 14.2. The number of alkyl halides is 7. The van der Waals surface area contributed by atoms with E-state index in [1.165, 1.54) is 18.2 Å². The van der Waals surface area contributed by atoms with Crippen molar-refractivity contribution in [2.75, 3.05) is 0 Å². The van der Waals surface area contributed by atoms with Crippen molar-refractivity contribution in [3.05, 3.63) is 35.9 Å². The fourth-order valence-corrected chi connectivity index (χ4v) is 1.41. The average molecular weight is 274 g/mol. The van der Waals surface area contributed by atoms with Crippen LogP contribution in [0, 0.1) is 0 Å². The van der Waals surface area contributed by atoms with E-state index in [9.17, 15) is 30.7 Å². The Balaban J connectivity index is 3.15. The molecular formula is C11H9F7. The average Bonchev–Trinajstić information content (AvgIpc) is 2.27. The van der Waals surface area contributed by atoms with Crippen LogP contribution in [0.5, 0.6) is 0 Å². The first kappa shape index (κ1) is 14.8. The van der Waals surface area contributed by atoms with E-state index in [4.69, 9.17) is 0 Å². The fraction of sp³-hybridized carbons (Fsp3) is 0.455. The highest BCUT2D eigenvalue weighted by Gasteiger charge is 2.74. The van der Waals surface area contributed by atoms with Crippen LogP contribution in [-0.2, 0) is 0 Å². The molecule has 0 aliphatic heterocycles. The quantitative estimate of drug-likeness (QED) is 0.705. The van der Waals surface area contributed by atoms with Gasteiger partial charge in [-0.05, 0) is 5.56 Å². The Bertz CT molecular complexity index is 394. The van der Waals surface area contributed by atoms with Gasteiger partial charge >= 0.3 is 18.0 Å². The molecule has 0 nitrogen and oxygen atoms in total. The van der Waals surface area contributed by atoms with Crippen LogP contribution in [0.3, 0.4) is 0 Å². The van der Waals surface area contributed by atoms with Crippen LogP contribution >= 0.6 is 0 Å². The molecule has 0 heterocycles. The first-order valence-corrected chi connectivity index (χ1v) is 4.89. The summed E-state index contributed by atoms with van der Waals surface area (Å²) in [6.45, 7) is 0.634. The smallest absolute Gasteiger partial charge is 0.199 e. The van der Waals surface area contributed by atoms with Crippen LogP contribution in [0.4, 0.5) is 30.7 Å². The highest BCUT2D eigenvalue weighted by Crippen LogP contribution is 2.52. The topological polar surface area (TPSA) is 0 Å². The lowest BCUT2D eigenvalue weighted by molar-refractivity contribution is -0.358. The Morgan fingerprint density at radius 2 is 1.28 bits per heavy atom. The van der Waals surface area contributed by atoms with Crippen molar-refractivity contribution >= 4 is 0 Å². The molecular weight excluding hydrogens is 265 g/mol. The Labute approximate surface area is 98.4 Å². The lowest BCUT2D eigenvalue weighted by Gasteiger charge is -2.32. The van der Waals surface area contributed by atoms with Crippen molar-refractivity contribution in [2.24, 2.45) is 0 Å². The maximum absolute atomic E-state index is 13.3. The molecule has 0 aromatic heterocycles. The van der Waals surface area contributed by atoms with E-state index in [2.05, 4.69) is 0 Å². The van der Waals surface area contributed by atoms with Crippen LogP contribution in [0.15, 0.2) is 30.3 Å². The molecule has 0 aliphatic carbocycles. The minimum atomic E-state index is -6.29. The second-order valence-corrected chi connectivity index (χ2v) is 3.83. The first-order chi connectivity index (χ1) is 8.02. The molecule has 102 valence electrons. The zero-order valence-electron chi connectivity index (χ0n) is 9.11. The summed E-state index contributed by atoms with van der Waals surface area (Å²) >= 11 is 0. The van der Waals surface area contributed by atoms with Gasteiger partial charge in [-0.2, -0.15) is 30.7 Å². The van der Waals surface area contributed by atoms with E-state index in [1.54, 1.807) is 0 Å². The van der Waals surface area contributed by atoms with Gasteiger partial charge in [-0.15, -0.1) is 0 Å². The van der Waals surface area contributed by atoms with Crippen molar-refractivity contribution in [1.29, 1.82) is 0 Å². The lowest BCUT2D eigenvalue weighted by Crippen LogP contribution is -2.54. The zero-order valence-corrected chi connectivity index (χ0v) is 9.11. The third-order valence-electron chi connectivity index (χ3n) is 2.62. The molecule has 1 unspecified atom stereocenters. The molecule has 0 spiro atoms. The fourth-order valence-electron chi connectivity index (χ4n) is 1.41.